The van der Waals surface area contributed by atoms with Crippen LogP contribution >= 0.6 is 11.3 Å². The maximum absolute atomic E-state index is 12.9. The summed E-state index contributed by atoms with van der Waals surface area (Å²) in [6.45, 7) is 4.43. The first-order valence-electron chi connectivity index (χ1n) is 7.41. The van der Waals surface area contributed by atoms with Crippen molar-refractivity contribution in [2.24, 2.45) is 0 Å². The number of fused-ring (bicyclic) bond motifs is 1. The van der Waals surface area contributed by atoms with Crippen molar-refractivity contribution in [1.82, 2.24) is 13.7 Å². The van der Waals surface area contributed by atoms with Crippen molar-refractivity contribution in [3.63, 3.8) is 0 Å². The summed E-state index contributed by atoms with van der Waals surface area (Å²) in [5.41, 5.74) is -0.202. The van der Waals surface area contributed by atoms with Crippen molar-refractivity contribution in [3.05, 3.63) is 27.1 Å². The first-order valence-corrected chi connectivity index (χ1v) is 9.66. The van der Waals surface area contributed by atoms with Gasteiger partial charge in [-0.25, -0.2) is 13.4 Å². The number of nitrogens with zero attached hydrogens (tertiary/aromatic N) is 3. The third-order valence-electron chi connectivity index (χ3n) is 3.94. The molecule has 1 fully saturated rings. The van der Waals surface area contributed by atoms with Crippen LogP contribution in [0.1, 0.15) is 36.3 Å². The van der Waals surface area contributed by atoms with Gasteiger partial charge in [-0.3, -0.25) is 9.20 Å². The van der Waals surface area contributed by atoms with Crippen LogP contribution in [0.25, 0.3) is 4.96 Å². The number of hydrogen-bond donors (Lipinski definition) is 0. The van der Waals surface area contributed by atoms with Gasteiger partial charge >= 0.3 is 0 Å². The lowest BCUT2D eigenvalue weighted by molar-refractivity contribution is 0.422. The number of thiazole rings is 1. The molecule has 22 heavy (non-hydrogen) atoms. The third kappa shape index (κ3) is 2.59. The minimum Gasteiger partial charge on any atom is -0.267 e. The highest BCUT2D eigenvalue weighted by Crippen LogP contribution is 2.22. The van der Waals surface area contributed by atoms with Crippen LogP contribution < -0.4 is 5.56 Å². The summed E-state index contributed by atoms with van der Waals surface area (Å²) in [4.78, 5) is 18.3. The van der Waals surface area contributed by atoms with Crippen LogP contribution in [-0.2, 0) is 10.0 Å². The smallest absolute Gasteiger partial charge is 0.267 e. The van der Waals surface area contributed by atoms with Gasteiger partial charge in [-0.1, -0.05) is 12.8 Å². The quantitative estimate of drug-likeness (QED) is 0.837. The summed E-state index contributed by atoms with van der Waals surface area (Å²) in [6, 6.07) is 0. The van der Waals surface area contributed by atoms with E-state index >= 15 is 0 Å². The first kappa shape index (κ1) is 15.6. The van der Waals surface area contributed by atoms with Gasteiger partial charge in [0.15, 0.2) is 9.86 Å². The maximum Gasteiger partial charge on any atom is 0.279 e. The predicted octanol–water partition coefficient (Wildman–Crippen LogP) is 1.94. The Morgan fingerprint density at radius 2 is 1.77 bits per heavy atom. The Morgan fingerprint density at radius 3 is 2.41 bits per heavy atom. The van der Waals surface area contributed by atoms with Gasteiger partial charge in [-0.2, -0.15) is 4.31 Å². The Kier molecular flexibility index (Phi) is 4.09. The van der Waals surface area contributed by atoms with Gasteiger partial charge in [0.25, 0.3) is 5.56 Å². The number of sulfonamides is 1. The SMILES string of the molecule is Cc1cn2c(=O)c(S(=O)(=O)N3CCCCCC3)c(C)nc2s1. The highest BCUT2D eigenvalue weighted by atomic mass is 32.2. The second-order valence-corrected chi connectivity index (χ2v) is 8.73. The van der Waals surface area contributed by atoms with Crippen molar-refractivity contribution in [1.29, 1.82) is 0 Å². The van der Waals surface area contributed by atoms with Gasteiger partial charge in [0.1, 0.15) is 0 Å². The third-order valence-corrected chi connectivity index (χ3v) is 6.87. The Hall–Kier alpha value is -1.25. The molecular weight excluding hydrogens is 322 g/mol. The normalized spacial score (nSPS) is 17.7. The van der Waals surface area contributed by atoms with E-state index < -0.39 is 15.6 Å². The molecule has 0 saturated carbocycles. The van der Waals surface area contributed by atoms with E-state index in [9.17, 15) is 13.2 Å². The largest absolute Gasteiger partial charge is 0.279 e. The second-order valence-electron chi connectivity index (χ2n) is 5.64. The van der Waals surface area contributed by atoms with Crippen LogP contribution in [0.15, 0.2) is 15.9 Å². The Bertz CT molecular complexity index is 859. The fourth-order valence-corrected chi connectivity index (χ4v) is 5.44. The molecule has 2 aromatic rings. The van der Waals surface area contributed by atoms with Crippen LogP contribution in [0, 0.1) is 13.8 Å². The molecule has 0 radical (unpaired) electrons. The Labute approximate surface area is 133 Å². The molecule has 1 aliphatic rings. The Morgan fingerprint density at radius 1 is 1.14 bits per heavy atom. The van der Waals surface area contributed by atoms with Gasteiger partial charge in [0.05, 0.1) is 5.69 Å². The van der Waals surface area contributed by atoms with Crippen LogP contribution in [0.5, 0.6) is 0 Å². The molecule has 1 saturated heterocycles. The summed E-state index contributed by atoms with van der Waals surface area (Å²) in [6.07, 6.45) is 5.39. The van der Waals surface area contributed by atoms with E-state index in [1.165, 1.54) is 20.0 Å². The highest BCUT2D eigenvalue weighted by Gasteiger charge is 2.31. The minimum atomic E-state index is -3.79. The molecule has 0 amide bonds. The number of aromatic nitrogens is 2. The summed E-state index contributed by atoms with van der Waals surface area (Å²) in [5, 5.41) is 0. The zero-order valence-electron chi connectivity index (χ0n) is 12.7. The van der Waals surface area contributed by atoms with E-state index in [2.05, 4.69) is 4.98 Å². The predicted molar refractivity (Wildman–Crippen MR) is 86.0 cm³/mol. The van der Waals surface area contributed by atoms with Gasteiger partial charge in [0, 0.05) is 24.2 Å². The van der Waals surface area contributed by atoms with E-state index in [-0.39, 0.29) is 10.6 Å². The average Bonchev–Trinajstić information content (AvgIpc) is 2.65. The molecule has 120 valence electrons. The molecule has 0 atom stereocenters. The molecule has 8 heteroatoms. The van der Waals surface area contributed by atoms with E-state index in [4.69, 9.17) is 0 Å². The van der Waals surface area contributed by atoms with Crippen molar-refractivity contribution in [2.75, 3.05) is 13.1 Å². The molecule has 0 aliphatic carbocycles. The van der Waals surface area contributed by atoms with E-state index in [1.54, 1.807) is 13.1 Å². The van der Waals surface area contributed by atoms with Gasteiger partial charge < -0.3 is 0 Å². The van der Waals surface area contributed by atoms with E-state index in [1.807, 2.05) is 6.92 Å². The van der Waals surface area contributed by atoms with Crippen molar-refractivity contribution in [2.45, 2.75) is 44.4 Å². The first-order chi connectivity index (χ1) is 10.4. The molecule has 3 heterocycles. The molecule has 2 aromatic heterocycles. The molecule has 1 aliphatic heterocycles. The maximum atomic E-state index is 12.9. The standard InChI is InChI=1S/C14H19N3O3S2/c1-10-9-17-13(18)12(11(2)15-14(17)21-10)22(19,20)16-7-5-3-4-6-8-16/h9H,3-8H2,1-2H3. The van der Waals surface area contributed by atoms with Crippen LogP contribution in [0.4, 0.5) is 0 Å². The van der Waals surface area contributed by atoms with Gasteiger partial charge in [-0.15, -0.1) is 11.3 Å². The van der Waals surface area contributed by atoms with Crippen molar-refractivity contribution < 1.29 is 8.42 Å². The number of aryl methyl sites for hydroxylation is 2. The van der Waals surface area contributed by atoms with Crippen molar-refractivity contribution in [3.8, 4) is 0 Å². The van der Waals surface area contributed by atoms with Crippen LogP contribution in [0.2, 0.25) is 0 Å². The lowest BCUT2D eigenvalue weighted by atomic mass is 10.2. The van der Waals surface area contributed by atoms with Gasteiger partial charge in [0.2, 0.25) is 10.0 Å². The Balaban J connectivity index is 2.17. The molecule has 6 nitrogen and oxygen atoms in total. The molecule has 0 spiro atoms. The van der Waals surface area contributed by atoms with E-state index in [0.717, 1.165) is 30.6 Å². The zero-order valence-corrected chi connectivity index (χ0v) is 14.3. The van der Waals surface area contributed by atoms with Crippen LogP contribution in [0.3, 0.4) is 0 Å². The highest BCUT2D eigenvalue weighted by molar-refractivity contribution is 7.89. The summed E-state index contributed by atoms with van der Waals surface area (Å²) < 4.78 is 28.6. The number of hydrogen-bond acceptors (Lipinski definition) is 5. The fourth-order valence-electron chi connectivity index (χ4n) is 2.85. The molecule has 0 N–H and O–H groups in total. The lowest BCUT2D eigenvalue weighted by Crippen LogP contribution is -2.37. The topological polar surface area (TPSA) is 71.8 Å². The summed E-state index contributed by atoms with van der Waals surface area (Å²) >= 11 is 1.38. The molecule has 0 bridgehead atoms. The second kappa shape index (κ2) is 5.75. The zero-order chi connectivity index (χ0) is 15.9. The van der Waals surface area contributed by atoms with Crippen molar-refractivity contribution >= 4 is 26.3 Å². The molecule has 3 rings (SSSR count). The van der Waals surface area contributed by atoms with E-state index in [0.29, 0.717) is 18.1 Å². The fraction of sp³-hybridized carbons (Fsp3) is 0.571. The van der Waals surface area contributed by atoms with Gasteiger partial charge in [-0.05, 0) is 26.7 Å². The lowest BCUT2D eigenvalue weighted by Gasteiger charge is -2.20. The van der Waals surface area contributed by atoms with Crippen LogP contribution in [-0.4, -0.2) is 35.2 Å². The summed E-state index contributed by atoms with van der Waals surface area (Å²) in [5.74, 6) is 0. The summed E-state index contributed by atoms with van der Waals surface area (Å²) in [7, 11) is -3.79. The minimum absolute atomic E-state index is 0.176. The molecular formula is C14H19N3O3S2. The number of rotatable bonds is 2. The molecule has 0 aromatic carbocycles. The monoisotopic (exact) mass is 341 g/mol. The average molecular weight is 341 g/mol. The molecule has 0 unspecified atom stereocenters.